The summed E-state index contributed by atoms with van der Waals surface area (Å²) in [7, 11) is 0. The summed E-state index contributed by atoms with van der Waals surface area (Å²) in [4.78, 5) is 11.0. The highest BCUT2D eigenvalue weighted by Gasteiger charge is 2.34. The molecule has 0 bridgehead atoms. The van der Waals surface area contributed by atoms with E-state index in [1.807, 2.05) is 6.92 Å². The predicted molar refractivity (Wildman–Crippen MR) is 57.9 cm³/mol. The Kier molecular flexibility index (Phi) is 2.92. The minimum atomic E-state index is -0.841. The number of hydrogen-bond acceptors (Lipinski definition) is 2. The van der Waals surface area contributed by atoms with Gasteiger partial charge in [-0.25, -0.2) is 4.39 Å². The summed E-state index contributed by atoms with van der Waals surface area (Å²) in [5, 5.41) is 12.0. The third kappa shape index (κ3) is 1.93. The average Bonchev–Trinajstić information content (AvgIpc) is 2.66. The van der Waals surface area contributed by atoms with Crippen LogP contribution in [0.15, 0.2) is 18.2 Å². The van der Waals surface area contributed by atoms with Gasteiger partial charge in [-0.05, 0) is 43.1 Å². The van der Waals surface area contributed by atoms with Crippen LogP contribution in [-0.2, 0) is 4.79 Å². The van der Waals surface area contributed by atoms with Crippen LogP contribution in [0, 0.1) is 12.7 Å². The summed E-state index contributed by atoms with van der Waals surface area (Å²) in [6.45, 7) is 2.51. The molecule has 4 heteroatoms. The number of benzene rings is 1. The molecule has 3 nitrogen and oxygen atoms in total. The number of nitrogens with one attached hydrogen (secondary N) is 1. The maximum Gasteiger partial charge on any atom is 0.321 e. The van der Waals surface area contributed by atoms with E-state index in [4.69, 9.17) is 5.11 Å². The zero-order valence-corrected chi connectivity index (χ0v) is 9.03. The first kappa shape index (κ1) is 11.1. The number of rotatable bonds is 2. The van der Waals surface area contributed by atoms with Crippen molar-refractivity contribution in [1.29, 1.82) is 0 Å². The van der Waals surface area contributed by atoms with E-state index >= 15 is 0 Å². The molecule has 1 saturated heterocycles. The molecular weight excluding hydrogens is 209 g/mol. The molecule has 0 aromatic heterocycles. The second-order valence-corrected chi connectivity index (χ2v) is 4.17. The van der Waals surface area contributed by atoms with Gasteiger partial charge < -0.3 is 10.4 Å². The number of aryl methyl sites for hydroxylation is 1. The van der Waals surface area contributed by atoms with Gasteiger partial charge in [0.05, 0.1) is 0 Å². The Labute approximate surface area is 93.3 Å². The molecule has 1 aromatic rings. The van der Waals surface area contributed by atoms with Gasteiger partial charge >= 0.3 is 5.97 Å². The third-order valence-corrected chi connectivity index (χ3v) is 3.12. The zero-order chi connectivity index (χ0) is 11.7. The van der Waals surface area contributed by atoms with Gasteiger partial charge in [-0.3, -0.25) is 4.79 Å². The Bertz CT molecular complexity index is 419. The van der Waals surface area contributed by atoms with E-state index in [9.17, 15) is 9.18 Å². The van der Waals surface area contributed by atoms with E-state index in [2.05, 4.69) is 5.32 Å². The van der Waals surface area contributed by atoms with E-state index in [0.29, 0.717) is 6.54 Å². The topological polar surface area (TPSA) is 49.3 Å². The largest absolute Gasteiger partial charge is 0.480 e. The lowest BCUT2D eigenvalue weighted by atomic mass is 9.89. The molecule has 1 aromatic carbocycles. The van der Waals surface area contributed by atoms with Gasteiger partial charge in [0.1, 0.15) is 11.9 Å². The Balaban J connectivity index is 2.32. The standard InChI is InChI=1S/C12H14FNO2/c1-7-6-8(13)2-3-9(7)10-4-5-14-11(10)12(15)16/h2-3,6,10-11,14H,4-5H2,1H3,(H,15,16). The van der Waals surface area contributed by atoms with Crippen LogP contribution in [0.5, 0.6) is 0 Å². The normalized spacial score (nSPS) is 24.6. The van der Waals surface area contributed by atoms with Crippen LogP contribution >= 0.6 is 0 Å². The molecule has 0 spiro atoms. The Morgan fingerprint density at radius 2 is 2.31 bits per heavy atom. The molecule has 2 atom stereocenters. The highest BCUT2D eigenvalue weighted by molar-refractivity contribution is 5.75. The lowest BCUT2D eigenvalue weighted by molar-refractivity contribution is -0.139. The Hall–Kier alpha value is -1.42. The molecule has 1 heterocycles. The molecule has 16 heavy (non-hydrogen) atoms. The van der Waals surface area contributed by atoms with E-state index in [1.54, 1.807) is 6.07 Å². The van der Waals surface area contributed by atoms with Gasteiger partial charge in [0.15, 0.2) is 0 Å². The molecule has 2 unspecified atom stereocenters. The second kappa shape index (κ2) is 4.22. The van der Waals surface area contributed by atoms with Crippen molar-refractivity contribution in [3.63, 3.8) is 0 Å². The molecule has 2 rings (SSSR count). The number of carboxylic acid groups (broad SMARTS) is 1. The lowest BCUT2D eigenvalue weighted by Gasteiger charge is -2.18. The molecular formula is C12H14FNO2. The molecule has 2 N–H and O–H groups in total. The fourth-order valence-electron chi connectivity index (χ4n) is 2.35. The molecule has 1 aliphatic rings. The van der Waals surface area contributed by atoms with Crippen LogP contribution in [0.4, 0.5) is 4.39 Å². The maximum absolute atomic E-state index is 13.0. The third-order valence-electron chi connectivity index (χ3n) is 3.12. The predicted octanol–water partition coefficient (Wildman–Crippen LogP) is 1.66. The quantitative estimate of drug-likeness (QED) is 0.801. The summed E-state index contributed by atoms with van der Waals surface area (Å²) in [6.07, 6.45) is 0.781. The van der Waals surface area contributed by atoms with E-state index < -0.39 is 12.0 Å². The van der Waals surface area contributed by atoms with Crippen LogP contribution < -0.4 is 5.32 Å². The van der Waals surface area contributed by atoms with Crippen LogP contribution in [-0.4, -0.2) is 23.7 Å². The van der Waals surface area contributed by atoms with Crippen molar-refractivity contribution < 1.29 is 14.3 Å². The number of carboxylic acids is 1. The Morgan fingerprint density at radius 1 is 1.56 bits per heavy atom. The summed E-state index contributed by atoms with van der Waals surface area (Å²) in [5.41, 5.74) is 1.75. The minimum absolute atomic E-state index is 0.0573. The Morgan fingerprint density at radius 3 is 2.94 bits per heavy atom. The zero-order valence-electron chi connectivity index (χ0n) is 9.03. The first-order valence-electron chi connectivity index (χ1n) is 5.32. The van der Waals surface area contributed by atoms with Crippen molar-refractivity contribution >= 4 is 5.97 Å². The van der Waals surface area contributed by atoms with Gasteiger partial charge in [0.25, 0.3) is 0 Å². The highest BCUT2D eigenvalue weighted by Crippen LogP contribution is 2.30. The van der Waals surface area contributed by atoms with Crippen molar-refractivity contribution in [3.05, 3.63) is 35.1 Å². The van der Waals surface area contributed by atoms with Crippen LogP contribution in [0.1, 0.15) is 23.5 Å². The van der Waals surface area contributed by atoms with Gasteiger partial charge in [-0.15, -0.1) is 0 Å². The molecule has 0 aliphatic carbocycles. The highest BCUT2D eigenvalue weighted by atomic mass is 19.1. The fourth-order valence-corrected chi connectivity index (χ4v) is 2.35. The molecule has 1 aliphatic heterocycles. The average molecular weight is 223 g/mol. The summed E-state index contributed by atoms with van der Waals surface area (Å²) in [5.74, 6) is -1.18. The van der Waals surface area contributed by atoms with Gasteiger partial charge in [0, 0.05) is 5.92 Å². The van der Waals surface area contributed by atoms with Crippen molar-refractivity contribution in [3.8, 4) is 0 Å². The van der Waals surface area contributed by atoms with E-state index in [1.165, 1.54) is 12.1 Å². The monoisotopic (exact) mass is 223 g/mol. The van der Waals surface area contributed by atoms with Crippen molar-refractivity contribution in [2.24, 2.45) is 0 Å². The SMILES string of the molecule is Cc1cc(F)ccc1C1CCNC1C(=O)O. The lowest BCUT2D eigenvalue weighted by Crippen LogP contribution is -2.34. The van der Waals surface area contributed by atoms with Gasteiger partial charge in [-0.2, -0.15) is 0 Å². The van der Waals surface area contributed by atoms with Crippen molar-refractivity contribution in [2.45, 2.75) is 25.3 Å². The van der Waals surface area contributed by atoms with Crippen LogP contribution in [0.3, 0.4) is 0 Å². The summed E-state index contributed by atoms with van der Waals surface area (Å²) in [6, 6.07) is 3.98. The molecule has 0 saturated carbocycles. The molecule has 0 radical (unpaired) electrons. The van der Waals surface area contributed by atoms with E-state index in [-0.39, 0.29) is 11.7 Å². The summed E-state index contributed by atoms with van der Waals surface area (Å²) >= 11 is 0. The first-order valence-corrected chi connectivity index (χ1v) is 5.32. The van der Waals surface area contributed by atoms with Crippen LogP contribution in [0.2, 0.25) is 0 Å². The second-order valence-electron chi connectivity index (χ2n) is 4.17. The number of hydrogen-bond donors (Lipinski definition) is 2. The van der Waals surface area contributed by atoms with E-state index in [0.717, 1.165) is 17.5 Å². The molecule has 86 valence electrons. The molecule has 0 amide bonds. The molecule has 1 fully saturated rings. The number of aliphatic carboxylic acids is 1. The number of halogens is 1. The van der Waals surface area contributed by atoms with Gasteiger partial charge in [-0.1, -0.05) is 6.07 Å². The minimum Gasteiger partial charge on any atom is -0.480 e. The first-order chi connectivity index (χ1) is 7.59. The van der Waals surface area contributed by atoms with Crippen molar-refractivity contribution in [1.82, 2.24) is 5.32 Å². The van der Waals surface area contributed by atoms with Gasteiger partial charge in [0.2, 0.25) is 0 Å². The maximum atomic E-state index is 13.0. The van der Waals surface area contributed by atoms with Crippen LogP contribution in [0.25, 0.3) is 0 Å². The fraction of sp³-hybridized carbons (Fsp3) is 0.417. The smallest absolute Gasteiger partial charge is 0.321 e. The number of carbonyl (C=O) groups is 1. The van der Waals surface area contributed by atoms with Crippen molar-refractivity contribution in [2.75, 3.05) is 6.54 Å². The summed E-state index contributed by atoms with van der Waals surface area (Å²) < 4.78 is 13.0.